The molecule has 4 nitrogen and oxygen atoms in total. The number of hydrogen-bond acceptors (Lipinski definition) is 3. The van der Waals surface area contributed by atoms with Gasteiger partial charge in [0, 0.05) is 17.5 Å². The van der Waals surface area contributed by atoms with Gasteiger partial charge in [0.15, 0.2) is 0 Å². The standard InChI is InChI=1S/C16H21NO3S/c1-13-7-8-14(6-3-4-11-18)12-15(13)21(19,20)17-16(2)9-5-10-16/h7-8,12,17-18H,4-5,9-11H2,1-2H3. The summed E-state index contributed by atoms with van der Waals surface area (Å²) in [5, 5.41) is 8.73. The molecule has 2 rings (SSSR count). The van der Waals surface area contributed by atoms with E-state index in [0.29, 0.717) is 17.5 Å². The van der Waals surface area contributed by atoms with Crippen molar-refractivity contribution in [2.24, 2.45) is 0 Å². The smallest absolute Gasteiger partial charge is 0.241 e. The van der Waals surface area contributed by atoms with Gasteiger partial charge in [-0.3, -0.25) is 0 Å². The molecular weight excluding hydrogens is 286 g/mol. The fraction of sp³-hybridized carbons (Fsp3) is 0.500. The Labute approximate surface area is 126 Å². The summed E-state index contributed by atoms with van der Waals surface area (Å²) in [5.41, 5.74) is 1.04. The second-order valence-corrected chi connectivity index (χ2v) is 7.43. The highest BCUT2D eigenvalue weighted by Crippen LogP contribution is 2.33. The highest BCUT2D eigenvalue weighted by atomic mass is 32.2. The van der Waals surface area contributed by atoms with Crippen LogP contribution in [0, 0.1) is 18.8 Å². The van der Waals surface area contributed by atoms with Crippen molar-refractivity contribution in [3.05, 3.63) is 29.3 Å². The minimum absolute atomic E-state index is 0.00390. The van der Waals surface area contributed by atoms with E-state index < -0.39 is 10.0 Å². The van der Waals surface area contributed by atoms with Gasteiger partial charge in [-0.05, 0) is 50.8 Å². The van der Waals surface area contributed by atoms with Gasteiger partial charge in [0.2, 0.25) is 10.0 Å². The molecule has 0 radical (unpaired) electrons. The van der Waals surface area contributed by atoms with Crippen molar-refractivity contribution < 1.29 is 13.5 Å². The van der Waals surface area contributed by atoms with E-state index in [2.05, 4.69) is 16.6 Å². The summed E-state index contributed by atoms with van der Waals surface area (Å²) < 4.78 is 27.9. The van der Waals surface area contributed by atoms with Gasteiger partial charge in [-0.2, -0.15) is 0 Å². The van der Waals surface area contributed by atoms with Crippen molar-refractivity contribution in [3.8, 4) is 11.8 Å². The second kappa shape index (κ2) is 6.18. The van der Waals surface area contributed by atoms with E-state index in [1.54, 1.807) is 25.1 Å². The Bertz CT molecular complexity index is 679. The molecular formula is C16H21NO3S. The van der Waals surface area contributed by atoms with Gasteiger partial charge in [0.05, 0.1) is 11.5 Å². The molecule has 5 heteroatoms. The number of aryl methyl sites for hydroxylation is 1. The Balaban J connectivity index is 2.29. The van der Waals surface area contributed by atoms with Crippen molar-refractivity contribution in [2.45, 2.75) is 50.0 Å². The molecule has 0 heterocycles. The summed E-state index contributed by atoms with van der Waals surface area (Å²) in [6, 6.07) is 5.16. The predicted molar refractivity (Wildman–Crippen MR) is 82.3 cm³/mol. The van der Waals surface area contributed by atoms with E-state index in [4.69, 9.17) is 5.11 Å². The molecule has 1 aromatic carbocycles. The molecule has 1 aromatic rings. The van der Waals surface area contributed by atoms with Crippen molar-refractivity contribution in [1.29, 1.82) is 0 Å². The first-order chi connectivity index (χ1) is 9.86. The SMILES string of the molecule is Cc1ccc(C#CCCO)cc1S(=O)(=O)NC1(C)CCC1. The number of aliphatic hydroxyl groups excluding tert-OH is 1. The van der Waals surface area contributed by atoms with E-state index in [1.165, 1.54) is 0 Å². The average Bonchev–Trinajstić information content (AvgIpc) is 2.38. The molecule has 0 unspecified atom stereocenters. The lowest BCUT2D eigenvalue weighted by Gasteiger charge is -2.38. The average molecular weight is 307 g/mol. The van der Waals surface area contributed by atoms with Crippen LogP contribution in [0.3, 0.4) is 0 Å². The minimum Gasteiger partial charge on any atom is -0.395 e. The largest absolute Gasteiger partial charge is 0.395 e. The summed E-state index contributed by atoms with van der Waals surface area (Å²) >= 11 is 0. The normalized spacial score (nSPS) is 16.7. The number of benzene rings is 1. The quantitative estimate of drug-likeness (QED) is 0.836. The number of nitrogens with one attached hydrogen (secondary N) is 1. The van der Waals surface area contributed by atoms with Crippen molar-refractivity contribution in [1.82, 2.24) is 4.72 Å². The van der Waals surface area contributed by atoms with Gasteiger partial charge in [-0.1, -0.05) is 17.9 Å². The summed E-state index contributed by atoms with van der Waals surface area (Å²) in [6.07, 6.45) is 3.19. The van der Waals surface area contributed by atoms with Crippen LogP contribution in [0.2, 0.25) is 0 Å². The van der Waals surface area contributed by atoms with E-state index in [9.17, 15) is 8.42 Å². The van der Waals surface area contributed by atoms with Crippen LogP contribution in [0.1, 0.15) is 43.7 Å². The van der Waals surface area contributed by atoms with Gasteiger partial charge in [-0.15, -0.1) is 0 Å². The number of sulfonamides is 1. The monoisotopic (exact) mass is 307 g/mol. The molecule has 2 N–H and O–H groups in total. The van der Waals surface area contributed by atoms with Crippen LogP contribution in [0.4, 0.5) is 0 Å². The molecule has 0 amide bonds. The molecule has 1 aliphatic rings. The molecule has 1 aliphatic carbocycles. The zero-order valence-corrected chi connectivity index (χ0v) is 13.3. The molecule has 0 saturated heterocycles. The molecule has 0 atom stereocenters. The summed E-state index contributed by atoms with van der Waals surface area (Å²) in [5.74, 6) is 5.68. The molecule has 114 valence electrons. The zero-order chi connectivity index (χ0) is 15.5. The molecule has 0 bridgehead atoms. The lowest BCUT2D eigenvalue weighted by molar-refractivity contribution is 0.248. The summed E-state index contributed by atoms with van der Waals surface area (Å²) in [4.78, 5) is 0.284. The van der Waals surface area contributed by atoms with E-state index >= 15 is 0 Å². The van der Waals surface area contributed by atoms with Crippen LogP contribution in [-0.4, -0.2) is 25.7 Å². The topological polar surface area (TPSA) is 66.4 Å². The lowest BCUT2D eigenvalue weighted by atomic mass is 9.80. The third-order valence-electron chi connectivity index (χ3n) is 3.79. The summed E-state index contributed by atoms with van der Waals surface area (Å²) in [7, 11) is -3.53. The predicted octanol–water partition coefficient (Wildman–Crippen LogP) is 1.95. The maximum Gasteiger partial charge on any atom is 0.241 e. The molecule has 1 fully saturated rings. The Morgan fingerprint density at radius 3 is 2.67 bits per heavy atom. The fourth-order valence-corrected chi connectivity index (χ4v) is 4.11. The van der Waals surface area contributed by atoms with Crippen LogP contribution in [0.5, 0.6) is 0 Å². The Morgan fingerprint density at radius 1 is 1.38 bits per heavy atom. The zero-order valence-electron chi connectivity index (χ0n) is 12.4. The van der Waals surface area contributed by atoms with Crippen molar-refractivity contribution in [2.75, 3.05) is 6.61 Å². The van der Waals surface area contributed by atoms with E-state index in [-0.39, 0.29) is 17.0 Å². The lowest BCUT2D eigenvalue weighted by Crippen LogP contribution is -2.50. The molecule has 21 heavy (non-hydrogen) atoms. The molecule has 0 aromatic heterocycles. The maximum absolute atomic E-state index is 12.5. The van der Waals surface area contributed by atoms with E-state index in [1.807, 2.05) is 6.92 Å². The van der Waals surface area contributed by atoms with Crippen LogP contribution < -0.4 is 4.72 Å². The first-order valence-corrected chi connectivity index (χ1v) is 8.59. The van der Waals surface area contributed by atoms with Gasteiger partial charge in [0.25, 0.3) is 0 Å². The molecule has 0 spiro atoms. The highest BCUT2D eigenvalue weighted by molar-refractivity contribution is 7.89. The van der Waals surface area contributed by atoms with Gasteiger partial charge < -0.3 is 5.11 Å². The Kier molecular flexibility index (Phi) is 4.72. The molecule has 1 saturated carbocycles. The number of hydrogen-bond donors (Lipinski definition) is 2. The fourth-order valence-electron chi connectivity index (χ4n) is 2.38. The molecule has 0 aliphatic heterocycles. The third-order valence-corrected chi connectivity index (χ3v) is 5.57. The van der Waals surface area contributed by atoms with Gasteiger partial charge in [0.1, 0.15) is 0 Å². The summed E-state index contributed by atoms with van der Waals surface area (Å²) in [6.45, 7) is 3.72. The number of aliphatic hydroxyl groups is 1. The van der Waals surface area contributed by atoms with Gasteiger partial charge in [-0.25, -0.2) is 13.1 Å². The van der Waals surface area contributed by atoms with Crippen LogP contribution in [-0.2, 0) is 10.0 Å². The third kappa shape index (κ3) is 3.85. The van der Waals surface area contributed by atoms with Crippen LogP contribution in [0.25, 0.3) is 0 Å². The highest BCUT2D eigenvalue weighted by Gasteiger charge is 2.36. The van der Waals surface area contributed by atoms with Crippen LogP contribution >= 0.6 is 0 Å². The first kappa shape index (κ1) is 16.0. The van der Waals surface area contributed by atoms with E-state index in [0.717, 1.165) is 19.3 Å². The van der Waals surface area contributed by atoms with Crippen molar-refractivity contribution in [3.63, 3.8) is 0 Å². The Hall–Kier alpha value is -1.35. The Morgan fingerprint density at radius 2 is 2.10 bits per heavy atom. The van der Waals surface area contributed by atoms with Crippen LogP contribution in [0.15, 0.2) is 23.1 Å². The van der Waals surface area contributed by atoms with Crippen molar-refractivity contribution >= 4 is 10.0 Å². The van der Waals surface area contributed by atoms with Gasteiger partial charge >= 0.3 is 0 Å². The first-order valence-electron chi connectivity index (χ1n) is 7.11. The minimum atomic E-state index is -3.53. The second-order valence-electron chi connectivity index (χ2n) is 5.78. The maximum atomic E-state index is 12.5. The number of rotatable bonds is 4.